The van der Waals surface area contributed by atoms with Gasteiger partial charge >= 0.3 is 0 Å². The molecule has 0 aliphatic rings. The summed E-state index contributed by atoms with van der Waals surface area (Å²) in [6.45, 7) is 0. The summed E-state index contributed by atoms with van der Waals surface area (Å²) in [7, 11) is 0. The second-order valence-corrected chi connectivity index (χ2v) is 5.33. The molecule has 2 heteroatoms. The van der Waals surface area contributed by atoms with Crippen LogP contribution in [0.25, 0.3) is 21.8 Å². The van der Waals surface area contributed by atoms with Crippen LogP contribution in [0, 0.1) is 0 Å². The molecular weight excluding hydrogens is 256 g/mol. The maximum absolute atomic E-state index is 6.48. The van der Waals surface area contributed by atoms with Gasteiger partial charge in [-0.3, -0.25) is 0 Å². The highest BCUT2D eigenvalue weighted by atomic mass is 14.7. The van der Waals surface area contributed by atoms with Gasteiger partial charge in [-0.25, -0.2) is 0 Å². The van der Waals surface area contributed by atoms with E-state index in [1.54, 1.807) is 0 Å². The SMILES string of the molecule is NC(c1ccccc1)c1cccc2c1[nH]c1ccccc12. The number of nitrogens with one attached hydrogen (secondary N) is 1. The summed E-state index contributed by atoms with van der Waals surface area (Å²) in [4.78, 5) is 3.52. The zero-order valence-corrected chi connectivity index (χ0v) is 11.6. The molecule has 4 aromatic rings. The van der Waals surface area contributed by atoms with E-state index in [4.69, 9.17) is 5.73 Å². The van der Waals surface area contributed by atoms with Crippen LogP contribution in [0.5, 0.6) is 0 Å². The fourth-order valence-corrected chi connectivity index (χ4v) is 2.99. The van der Waals surface area contributed by atoms with E-state index in [1.807, 2.05) is 18.2 Å². The summed E-state index contributed by atoms with van der Waals surface area (Å²) < 4.78 is 0. The molecule has 0 aliphatic heterocycles. The van der Waals surface area contributed by atoms with Crippen LogP contribution in [-0.4, -0.2) is 4.98 Å². The third-order valence-electron chi connectivity index (χ3n) is 4.07. The van der Waals surface area contributed by atoms with Crippen molar-refractivity contribution in [3.63, 3.8) is 0 Å². The first-order chi connectivity index (χ1) is 10.3. The van der Waals surface area contributed by atoms with Crippen LogP contribution in [0.4, 0.5) is 0 Å². The molecule has 1 heterocycles. The standard InChI is InChI=1S/C19H16N2/c20-18(13-7-2-1-3-8-13)16-11-6-10-15-14-9-4-5-12-17(14)21-19(15)16/h1-12,18,21H,20H2. The Labute approximate surface area is 123 Å². The summed E-state index contributed by atoms with van der Waals surface area (Å²) in [5.74, 6) is 0. The second-order valence-electron chi connectivity index (χ2n) is 5.33. The number of rotatable bonds is 2. The molecule has 102 valence electrons. The molecule has 0 aliphatic carbocycles. The van der Waals surface area contributed by atoms with Gasteiger partial charge in [0.1, 0.15) is 0 Å². The summed E-state index contributed by atoms with van der Waals surface area (Å²) >= 11 is 0. The highest BCUT2D eigenvalue weighted by molar-refractivity contribution is 6.08. The molecule has 0 bridgehead atoms. The Balaban J connectivity index is 1.97. The van der Waals surface area contributed by atoms with Gasteiger partial charge in [-0.15, -0.1) is 0 Å². The Bertz CT molecular complexity index is 907. The third-order valence-corrected chi connectivity index (χ3v) is 4.07. The molecule has 3 aromatic carbocycles. The normalized spacial score (nSPS) is 12.8. The molecule has 0 saturated heterocycles. The van der Waals surface area contributed by atoms with Crippen molar-refractivity contribution in [1.82, 2.24) is 4.98 Å². The van der Waals surface area contributed by atoms with Gasteiger partial charge in [0.15, 0.2) is 0 Å². The van der Waals surface area contributed by atoms with Crippen LogP contribution in [0.3, 0.4) is 0 Å². The summed E-state index contributed by atoms with van der Waals surface area (Å²) in [5.41, 5.74) is 11.0. The number of fused-ring (bicyclic) bond motifs is 3. The first kappa shape index (κ1) is 12.2. The Morgan fingerprint density at radius 1 is 0.714 bits per heavy atom. The first-order valence-corrected chi connectivity index (χ1v) is 7.14. The quantitative estimate of drug-likeness (QED) is 0.559. The molecule has 0 spiro atoms. The maximum Gasteiger partial charge on any atom is 0.0572 e. The summed E-state index contributed by atoms with van der Waals surface area (Å²) in [6, 6.07) is 24.8. The van der Waals surface area contributed by atoms with E-state index in [2.05, 4.69) is 59.6 Å². The number of aromatic amines is 1. The second kappa shape index (κ2) is 4.76. The van der Waals surface area contributed by atoms with Crippen molar-refractivity contribution < 1.29 is 0 Å². The third kappa shape index (κ3) is 1.92. The van der Waals surface area contributed by atoms with Crippen LogP contribution < -0.4 is 5.73 Å². The number of para-hydroxylation sites is 2. The number of hydrogen-bond acceptors (Lipinski definition) is 1. The molecule has 1 unspecified atom stereocenters. The molecule has 0 radical (unpaired) electrons. The van der Waals surface area contributed by atoms with Crippen molar-refractivity contribution in [2.24, 2.45) is 5.73 Å². The van der Waals surface area contributed by atoms with Crippen LogP contribution >= 0.6 is 0 Å². The van der Waals surface area contributed by atoms with Crippen molar-refractivity contribution in [3.05, 3.63) is 83.9 Å². The van der Waals surface area contributed by atoms with E-state index in [-0.39, 0.29) is 6.04 Å². The van der Waals surface area contributed by atoms with E-state index in [1.165, 1.54) is 10.8 Å². The lowest BCUT2D eigenvalue weighted by molar-refractivity contribution is 0.878. The minimum atomic E-state index is -0.122. The van der Waals surface area contributed by atoms with Crippen molar-refractivity contribution in [3.8, 4) is 0 Å². The number of benzene rings is 3. The lowest BCUT2D eigenvalue weighted by Crippen LogP contribution is -2.12. The fraction of sp³-hybridized carbons (Fsp3) is 0.0526. The van der Waals surface area contributed by atoms with Gasteiger partial charge in [-0.1, -0.05) is 66.7 Å². The number of hydrogen-bond donors (Lipinski definition) is 2. The molecule has 1 aromatic heterocycles. The molecule has 2 nitrogen and oxygen atoms in total. The topological polar surface area (TPSA) is 41.8 Å². The zero-order valence-electron chi connectivity index (χ0n) is 11.6. The van der Waals surface area contributed by atoms with Crippen molar-refractivity contribution >= 4 is 21.8 Å². The average Bonchev–Trinajstić information content (AvgIpc) is 2.94. The van der Waals surface area contributed by atoms with Crippen LogP contribution in [0.1, 0.15) is 17.2 Å². The Kier molecular flexibility index (Phi) is 2.76. The van der Waals surface area contributed by atoms with E-state index in [0.717, 1.165) is 22.2 Å². The highest BCUT2D eigenvalue weighted by Gasteiger charge is 2.14. The van der Waals surface area contributed by atoms with Crippen molar-refractivity contribution in [2.75, 3.05) is 0 Å². The molecule has 0 saturated carbocycles. The lowest BCUT2D eigenvalue weighted by Gasteiger charge is -2.13. The summed E-state index contributed by atoms with van der Waals surface area (Å²) in [6.07, 6.45) is 0. The Hall–Kier alpha value is -2.58. The van der Waals surface area contributed by atoms with Gasteiger partial charge in [0.05, 0.1) is 11.6 Å². The molecule has 21 heavy (non-hydrogen) atoms. The lowest BCUT2D eigenvalue weighted by atomic mass is 9.97. The van der Waals surface area contributed by atoms with Crippen LogP contribution in [0.2, 0.25) is 0 Å². The predicted octanol–water partition coefficient (Wildman–Crippen LogP) is 4.37. The molecular formula is C19H16N2. The minimum absolute atomic E-state index is 0.122. The van der Waals surface area contributed by atoms with E-state index in [9.17, 15) is 0 Å². The molecule has 0 amide bonds. The van der Waals surface area contributed by atoms with Crippen LogP contribution in [0.15, 0.2) is 72.8 Å². The maximum atomic E-state index is 6.48. The molecule has 1 atom stereocenters. The van der Waals surface area contributed by atoms with Gasteiger partial charge in [-0.2, -0.15) is 0 Å². The number of nitrogens with two attached hydrogens (primary N) is 1. The first-order valence-electron chi connectivity index (χ1n) is 7.14. The van der Waals surface area contributed by atoms with Gasteiger partial charge in [0.25, 0.3) is 0 Å². The predicted molar refractivity (Wildman–Crippen MR) is 88.3 cm³/mol. The Morgan fingerprint density at radius 3 is 2.29 bits per heavy atom. The number of H-pyrrole nitrogens is 1. The monoisotopic (exact) mass is 272 g/mol. The fourth-order valence-electron chi connectivity index (χ4n) is 2.99. The van der Waals surface area contributed by atoms with Gasteiger partial charge in [0, 0.05) is 16.3 Å². The van der Waals surface area contributed by atoms with Gasteiger partial charge in [0.2, 0.25) is 0 Å². The van der Waals surface area contributed by atoms with Crippen molar-refractivity contribution in [2.45, 2.75) is 6.04 Å². The van der Waals surface area contributed by atoms with E-state index < -0.39 is 0 Å². The smallest absolute Gasteiger partial charge is 0.0572 e. The largest absolute Gasteiger partial charge is 0.354 e. The Morgan fingerprint density at radius 2 is 1.43 bits per heavy atom. The van der Waals surface area contributed by atoms with Gasteiger partial charge in [-0.05, 0) is 17.2 Å². The molecule has 3 N–H and O–H groups in total. The van der Waals surface area contributed by atoms with E-state index >= 15 is 0 Å². The summed E-state index contributed by atoms with van der Waals surface area (Å²) in [5, 5.41) is 2.48. The van der Waals surface area contributed by atoms with Gasteiger partial charge < -0.3 is 10.7 Å². The van der Waals surface area contributed by atoms with Crippen molar-refractivity contribution in [1.29, 1.82) is 0 Å². The average molecular weight is 272 g/mol. The molecule has 0 fully saturated rings. The molecule has 4 rings (SSSR count). The van der Waals surface area contributed by atoms with Crippen LogP contribution in [-0.2, 0) is 0 Å². The minimum Gasteiger partial charge on any atom is -0.354 e. The van der Waals surface area contributed by atoms with E-state index in [0.29, 0.717) is 0 Å². The number of aromatic nitrogens is 1. The zero-order chi connectivity index (χ0) is 14.2. The highest BCUT2D eigenvalue weighted by Crippen LogP contribution is 2.31.